The first-order valence-corrected chi connectivity index (χ1v) is 11.3. The van der Waals surface area contributed by atoms with Crippen molar-refractivity contribution in [2.45, 2.75) is 45.7 Å². The highest BCUT2D eigenvalue weighted by Gasteiger charge is 2.28. The molecule has 1 aromatic heterocycles. The number of hydrogen-bond donors (Lipinski definition) is 1. The summed E-state index contributed by atoms with van der Waals surface area (Å²) >= 11 is 0. The van der Waals surface area contributed by atoms with Crippen LogP contribution in [-0.2, 0) is 11.3 Å². The van der Waals surface area contributed by atoms with Gasteiger partial charge in [0.1, 0.15) is 5.69 Å². The smallest absolute Gasteiger partial charge is 0.257 e. The first kappa shape index (κ1) is 21.8. The topological polar surface area (TPSA) is 67.2 Å². The molecule has 6 nitrogen and oxygen atoms in total. The van der Waals surface area contributed by atoms with Crippen molar-refractivity contribution < 1.29 is 9.59 Å². The number of carbonyl (C=O) groups is 2. The maximum Gasteiger partial charge on any atom is 0.257 e. The van der Waals surface area contributed by atoms with E-state index in [0.717, 1.165) is 29.5 Å². The Balaban J connectivity index is 1.62. The van der Waals surface area contributed by atoms with Gasteiger partial charge in [-0.05, 0) is 25.3 Å². The van der Waals surface area contributed by atoms with Gasteiger partial charge >= 0.3 is 0 Å². The van der Waals surface area contributed by atoms with Crippen molar-refractivity contribution in [3.05, 3.63) is 77.5 Å². The van der Waals surface area contributed by atoms with Gasteiger partial charge in [0.15, 0.2) is 0 Å². The molecular weight excluding hydrogens is 400 g/mol. The van der Waals surface area contributed by atoms with Crippen molar-refractivity contribution in [1.82, 2.24) is 20.0 Å². The van der Waals surface area contributed by atoms with Crippen LogP contribution in [0.25, 0.3) is 11.3 Å². The summed E-state index contributed by atoms with van der Waals surface area (Å²) in [5.74, 6) is -0.00402. The molecule has 1 unspecified atom stereocenters. The summed E-state index contributed by atoms with van der Waals surface area (Å²) in [6.45, 7) is 5.71. The average molecular weight is 431 g/mol. The van der Waals surface area contributed by atoms with Gasteiger partial charge in [-0.15, -0.1) is 0 Å². The van der Waals surface area contributed by atoms with Crippen LogP contribution >= 0.6 is 0 Å². The molecule has 0 aliphatic carbocycles. The number of nitrogens with zero attached hydrogens (tertiary/aromatic N) is 3. The van der Waals surface area contributed by atoms with Crippen molar-refractivity contribution in [2.24, 2.45) is 0 Å². The fraction of sp³-hybridized carbons (Fsp3) is 0.346. The quantitative estimate of drug-likeness (QED) is 0.642. The van der Waals surface area contributed by atoms with Gasteiger partial charge in [0.25, 0.3) is 5.91 Å². The van der Waals surface area contributed by atoms with Crippen molar-refractivity contribution >= 4 is 11.8 Å². The largest absolute Gasteiger partial charge is 0.352 e. The Labute approximate surface area is 189 Å². The summed E-state index contributed by atoms with van der Waals surface area (Å²) in [7, 11) is 0. The van der Waals surface area contributed by atoms with E-state index in [1.807, 2.05) is 72.1 Å². The van der Waals surface area contributed by atoms with Crippen LogP contribution in [0.3, 0.4) is 0 Å². The number of amides is 2. The van der Waals surface area contributed by atoms with Crippen molar-refractivity contribution in [1.29, 1.82) is 0 Å². The van der Waals surface area contributed by atoms with Crippen LogP contribution in [0.5, 0.6) is 0 Å². The van der Waals surface area contributed by atoms with E-state index in [4.69, 9.17) is 5.10 Å². The number of carbonyl (C=O) groups excluding carboxylic acids is 2. The van der Waals surface area contributed by atoms with E-state index in [1.54, 1.807) is 0 Å². The second-order valence-corrected chi connectivity index (χ2v) is 8.45. The van der Waals surface area contributed by atoms with Gasteiger partial charge in [-0.1, -0.05) is 67.1 Å². The number of likely N-dealkylation sites (tertiary alicyclic amines) is 1. The molecular formula is C26H30N4O2. The van der Waals surface area contributed by atoms with Crippen LogP contribution in [0.4, 0.5) is 0 Å². The molecule has 0 spiro atoms. The summed E-state index contributed by atoms with van der Waals surface area (Å²) in [5.41, 5.74) is 4.53. The fourth-order valence-electron chi connectivity index (χ4n) is 4.13. The summed E-state index contributed by atoms with van der Waals surface area (Å²) in [6, 6.07) is 18.2. The number of nitrogens with one attached hydrogen (secondary N) is 1. The Kier molecular flexibility index (Phi) is 6.69. The van der Waals surface area contributed by atoms with Crippen molar-refractivity contribution in [3.63, 3.8) is 0 Å². The molecule has 1 aliphatic rings. The number of aryl methyl sites for hydroxylation is 1. The molecule has 1 fully saturated rings. The number of piperidine rings is 1. The minimum Gasteiger partial charge on any atom is -0.352 e. The fourth-order valence-corrected chi connectivity index (χ4v) is 4.13. The molecule has 1 atom stereocenters. The second-order valence-electron chi connectivity index (χ2n) is 8.45. The lowest BCUT2D eigenvalue weighted by Gasteiger charge is -2.33. The van der Waals surface area contributed by atoms with E-state index in [2.05, 4.69) is 17.4 Å². The van der Waals surface area contributed by atoms with Crippen LogP contribution in [-0.4, -0.2) is 45.6 Å². The molecule has 2 aromatic carbocycles. The SMILES string of the molecule is CCC(=O)NC1CCCN(C(=O)c2cn(Cc3ccccc3)nc2-c2ccc(C)cc2)C1. The third-order valence-electron chi connectivity index (χ3n) is 5.90. The van der Waals surface area contributed by atoms with E-state index in [9.17, 15) is 9.59 Å². The number of benzene rings is 2. The predicted molar refractivity (Wildman–Crippen MR) is 125 cm³/mol. The first-order chi connectivity index (χ1) is 15.5. The van der Waals surface area contributed by atoms with E-state index in [1.165, 1.54) is 0 Å². The van der Waals surface area contributed by atoms with Crippen LogP contribution < -0.4 is 5.32 Å². The van der Waals surface area contributed by atoms with E-state index in [0.29, 0.717) is 37.3 Å². The molecule has 166 valence electrons. The van der Waals surface area contributed by atoms with Gasteiger partial charge in [-0.25, -0.2) is 0 Å². The van der Waals surface area contributed by atoms with E-state index in [-0.39, 0.29) is 17.9 Å². The number of hydrogen-bond acceptors (Lipinski definition) is 3. The summed E-state index contributed by atoms with van der Waals surface area (Å²) < 4.78 is 1.85. The van der Waals surface area contributed by atoms with Crippen LogP contribution in [0, 0.1) is 6.92 Å². The molecule has 0 saturated carbocycles. The normalized spacial score (nSPS) is 16.1. The van der Waals surface area contributed by atoms with Crippen molar-refractivity contribution in [2.75, 3.05) is 13.1 Å². The third kappa shape index (κ3) is 5.07. The minimum atomic E-state index is -0.0321. The van der Waals surface area contributed by atoms with Gasteiger partial charge in [-0.2, -0.15) is 5.10 Å². The predicted octanol–water partition coefficient (Wildman–Crippen LogP) is 4.04. The molecule has 3 aromatic rings. The van der Waals surface area contributed by atoms with Gasteiger partial charge in [0.2, 0.25) is 5.91 Å². The Bertz CT molecular complexity index is 1070. The molecule has 1 saturated heterocycles. The first-order valence-electron chi connectivity index (χ1n) is 11.3. The highest BCUT2D eigenvalue weighted by Crippen LogP contribution is 2.25. The molecule has 0 radical (unpaired) electrons. The number of aromatic nitrogens is 2. The van der Waals surface area contributed by atoms with Gasteiger partial charge in [0, 0.05) is 37.3 Å². The van der Waals surface area contributed by atoms with Crippen LogP contribution in [0.1, 0.15) is 47.7 Å². The lowest BCUT2D eigenvalue weighted by atomic mass is 10.0. The maximum absolute atomic E-state index is 13.6. The summed E-state index contributed by atoms with van der Waals surface area (Å²) in [6.07, 6.45) is 4.08. The number of rotatable bonds is 6. The minimum absolute atomic E-state index is 0.00217. The van der Waals surface area contributed by atoms with Gasteiger partial charge in [0.05, 0.1) is 12.1 Å². The molecule has 32 heavy (non-hydrogen) atoms. The van der Waals surface area contributed by atoms with E-state index < -0.39 is 0 Å². The highest BCUT2D eigenvalue weighted by molar-refractivity contribution is 6.00. The Hall–Kier alpha value is -3.41. The zero-order valence-corrected chi connectivity index (χ0v) is 18.8. The molecule has 2 amide bonds. The second kappa shape index (κ2) is 9.81. The van der Waals surface area contributed by atoms with Crippen LogP contribution in [0.15, 0.2) is 60.8 Å². The molecule has 4 rings (SSSR count). The summed E-state index contributed by atoms with van der Waals surface area (Å²) in [5, 5.41) is 7.84. The standard InChI is InChI=1S/C26H30N4O2/c1-3-24(31)27-22-10-7-15-29(17-22)26(32)23-18-30(16-20-8-5-4-6-9-20)28-25(23)21-13-11-19(2)12-14-21/h4-6,8-9,11-14,18,22H,3,7,10,15-17H2,1-2H3,(H,27,31). The third-order valence-corrected chi connectivity index (χ3v) is 5.90. The average Bonchev–Trinajstić information content (AvgIpc) is 3.23. The summed E-state index contributed by atoms with van der Waals surface area (Å²) in [4.78, 5) is 27.3. The maximum atomic E-state index is 13.6. The van der Waals surface area contributed by atoms with Gasteiger partial charge in [-0.3, -0.25) is 14.3 Å². The Morgan fingerprint density at radius 2 is 1.84 bits per heavy atom. The lowest BCUT2D eigenvalue weighted by Crippen LogP contribution is -2.49. The molecule has 1 N–H and O–H groups in total. The highest BCUT2D eigenvalue weighted by atomic mass is 16.2. The van der Waals surface area contributed by atoms with Crippen LogP contribution in [0.2, 0.25) is 0 Å². The molecule has 2 heterocycles. The van der Waals surface area contributed by atoms with E-state index >= 15 is 0 Å². The molecule has 1 aliphatic heterocycles. The molecule has 6 heteroatoms. The van der Waals surface area contributed by atoms with Crippen molar-refractivity contribution in [3.8, 4) is 11.3 Å². The Morgan fingerprint density at radius 3 is 2.56 bits per heavy atom. The Morgan fingerprint density at radius 1 is 1.09 bits per heavy atom. The zero-order valence-electron chi connectivity index (χ0n) is 18.8. The molecule has 0 bridgehead atoms. The monoisotopic (exact) mass is 430 g/mol. The zero-order chi connectivity index (χ0) is 22.5. The van der Waals surface area contributed by atoms with Gasteiger partial charge < -0.3 is 10.2 Å². The lowest BCUT2D eigenvalue weighted by molar-refractivity contribution is -0.121.